The molecule has 0 aromatic carbocycles. The standard InChI is InChI=1S/C22H30O/c1-17(15-20-9-5-8-19(16-20)12-14-23)10-11-21-18(2)7-6-13-22(21,3)4/h10-12,14-16H,5-9,13H2,1-4H3/b11-10+,17-15+,19-12-. The zero-order valence-corrected chi connectivity index (χ0v) is 15.1. The fourth-order valence-corrected chi connectivity index (χ4v) is 3.78. The first-order valence-electron chi connectivity index (χ1n) is 8.84. The van der Waals surface area contributed by atoms with Gasteiger partial charge in [-0.15, -0.1) is 0 Å². The molecule has 2 aliphatic carbocycles. The minimum Gasteiger partial charge on any atom is -0.299 e. The minimum atomic E-state index is 0.295. The number of carbonyl (C=O) groups is 1. The van der Waals surface area contributed by atoms with Gasteiger partial charge in [-0.2, -0.15) is 0 Å². The predicted octanol–water partition coefficient (Wildman–Crippen LogP) is 6.25. The Morgan fingerprint density at radius 2 is 1.96 bits per heavy atom. The van der Waals surface area contributed by atoms with Crippen molar-refractivity contribution in [2.75, 3.05) is 0 Å². The van der Waals surface area contributed by atoms with Crippen molar-refractivity contribution < 1.29 is 4.79 Å². The van der Waals surface area contributed by atoms with Gasteiger partial charge in [-0.1, -0.05) is 49.3 Å². The number of hydrogen-bond donors (Lipinski definition) is 0. The Bertz CT molecular complexity index is 606. The molecule has 1 nitrogen and oxygen atoms in total. The van der Waals surface area contributed by atoms with Crippen LogP contribution >= 0.6 is 0 Å². The Labute approximate surface area is 141 Å². The summed E-state index contributed by atoms with van der Waals surface area (Å²) in [4.78, 5) is 10.6. The first-order valence-corrected chi connectivity index (χ1v) is 8.84. The van der Waals surface area contributed by atoms with E-state index in [0.717, 1.165) is 31.1 Å². The van der Waals surface area contributed by atoms with Gasteiger partial charge in [0.1, 0.15) is 6.29 Å². The smallest absolute Gasteiger partial charge is 0.143 e. The second kappa shape index (κ2) is 7.77. The van der Waals surface area contributed by atoms with Gasteiger partial charge >= 0.3 is 0 Å². The van der Waals surface area contributed by atoms with Crippen LogP contribution in [0.2, 0.25) is 0 Å². The molecule has 0 aromatic rings. The van der Waals surface area contributed by atoms with Crippen molar-refractivity contribution in [3.05, 3.63) is 58.2 Å². The molecule has 0 amide bonds. The molecule has 0 aliphatic heterocycles. The highest BCUT2D eigenvalue weighted by Gasteiger charge is 2.26. The largest absolute Gasteiger partial charge is 0.299 e. The summed E-state index contributed by atoms with van der Waals surface area (Å²) >= 11 is 0. The van der Waals surface area contributed by atoms with E-state index < -0.39 is 0 Å². The van der Waals surface area contributed by atoms with Gasteiger partial charge in [0.15, 0.2) is 0 Å². The van der Waals surface area contributed by atoms with Gasteiger partial charge in [0, 0.05) is 0 Å². The van der Waals surface area contributed by atoms with Gasteiger partial charge in [-0.25, -0.2) is 0 Å². The maximum atomic E-state index is 10.6. The van der Waals surface area contributed by atoms with E-state index >= 15 is 0 Å². The average molecular weight is 310 g/mol. The van der Waals surface area contributed by atoms with Crippen LogP contribution in [0.25, 0.3) is 0 Å². The summed E-state index contributed by atoms with van der Waals surface area (Å²) in [6, 6.07) is 0. The van der Waals surface area contributed by atoms with Crippen molar-refractivity contribution in [3.8, 4) is 0 Å². The fraction of sp³-hybridized carbons (Fsp3) is 0.500. The maximum absolute atomic E-state index is 10.6. The van der Waals surface area contributed by atoms with Gasteiger partial charge in [-0.05, 0) is 80.6 Å². The molecule has 0 heterocycles. The average Bonchev–Trinajstić information content (AvgIpc) is 2.46. The quantitative estimate of drug-likeness (QED) is 0.341. The van der Waals surface area contributed by atoms with Crippen molar-refractivity contribution in [1.29, 1.82) is 0 Å². The van der Waals surface area contributed by atoms with Gasteiger partial charge < -0.3 is 0 Å². The highest BCUT2D eigenvalue weighted by molar-refractivity contribution is 5.67. The predicted molar refractivity (Wildman–Crippen MR) is 99.3 cm³/mol. The molecule has 0 aromatic heterocycles. The van der Waals surface area contributed by atoms with Crippen molar-refractivity contribution in [3.63, 3.8) is 0 Å². The summed E-state index contributed by atoms with van der Waals surface area (Å²) in [5, 5.41) is 0. The molecule has 0 saturated heterocycles. The lowest BCUT2D eigenvalue weighted by molar-refractivity contribution is -0.104. The molecule has 2 rings (SSSR count). The molecule has 23 heavy (non-hydrogen) atoms. The summed E-state index contributed by atoms with van der Waals surface area (Å²) in [5.41, 5.74) is 7.11. The summed E-state index contributed by atoms with van der Waals surface area (Å²) in [5.74, 6) is 0. The van der Waals surface area contributed by atoms with E-state index in [-0.39, 0.29) is 0 Å². The Kier molecular flexibility index (Phi) is 5.98. The first kappa shape index (κ1) is 17.7. The van der Waals surface area contributed by atoms with E-state index in [2.05, 4.69) is 52.0 Å². The molecular weight excluding hydrogens is 280 g/mol. The van der Waals surface area contributed by atoms with Crippen molar-refractivity contribution in [1.82, 2.24) is 0 Å². The lowest BCUT2D eigenvalue weighted by Crippen LogP contribution is -2.19. The van der Waals surface area contributed by atoms with Gasteiger partial charge in [-0.3, -0.25) is 4.79 Å². The van der Waals surface area contributed by atoms with Crippen LogP contribution in [0.15, 0.2) is 58.2 Å². The summed E-state index contributed by atoms with van der Waals surface area (Å²) in [7, 11) is 0. The summed E-state index contributed by atoms with van der Waals surface area (Å²) in [6.07, 6.45) is 18.7. The van der Waals surface area contributed by atoms with Crippen LogP contribution < -0.4 is 0 Å². The van der Waals surface area contributed by atoms with Crippen LogP contribution in [0, 0.1) is 5.41 Å². The third kappa shape index (κ3) is 4.92. The molecule has 0 saturated carbocycles. The first-order chi connectivity index (χ1) is 10.9. The molecular formula is C22H30O. The maximum Gasteiger partial charge on any atom is 0.143 e. The van der Waals surface area contributed by atoms with Crippen LogP contribution in [-0.2, 0) is 4.79 Å². The van der Waals surface area contributed by atoms with Gasteiger partial charge in [0.25, 0.3) is 0 Å². The monoisotopic (exact) mass is 310 g/mol. The third-order valence-electron chi connectivity index (χ3n) is 5.05. The Hall–Kier alpha value is -1.63. The molecule has 0 bridgehead atoms. The highest BCUT2D eigenvalue weighted by Crippen LogP contribution is 2.40. The minimum absolute atomic E-state index is 0.295. The van der Waals surface area contributed by atoms with Crippen LogP contribution in [-0.4, -0.2) is 6.29 Å². The van der Waals surface area contributed by atoms with Crippen molar-refractivity contribution in [2.45, 2.75) is 66.2 Å². The molecule has 124 valence electrons. The molecule has 0 fully saturated rings. The van der Waals surface area contributed by atoms with Gasteiger partial charge in [0.2, 0.25) is 0 Å². The topological polar surface area (TPSA) is 17.1 Å². The molecule has 1 heteroatoms. The van der Waals surface area contributed by atoms with E-state index in [0.29, 0.717) is 5.41 Å². The number of allylic oxidation sites excluding steroid dienone is 10. The zero-order valence-electron chi connectivity index (χ0n) is 15.1. The van der Waals surface area contributed by atoms with Crippen molar-refractivity contribution in [2.24, 2.45) is 5.41 Å². The molecule has 2 aliphatic rings. The van der Waals surface area contributed by atoms with Gasteiger partial charge in [0.05, 0.1) is 0 Å². The summed E-state index contributed by atoms with van der Waals surface area (Å²) < 4.78 is 0. The lowest BCUT2D eigenvalue weighted by atomic mass is 9.72. The molecule has 0 radical (unpaired) electrons. The fourth-order valence-electron chi connectivity index (χ4n) is 3.78. The number of rotatable bonds is 4. The van der Waals surface area contributed by atoms with E-state index in [1.54, 1.807) is 11.6 Å². The third-order valence-corrected chi connectivity index (χ3v) is 5.05. The summed E-state index contributed by atoms with van der Waals surface area (Å²) in [6.45, 7) is 9.16. The Morgan fingerprint density at radius 1 is 1.17 bits per heavy atom. The van der Waals surface area contributed by atoms with E-state index in [9.17, 15) is 4.79 Å². The molecule has 0 spiro atoms. The Morgan fingerprint density at radius 3 is 2.65 bits per heavy atom. The van der Waals surface area contributed by atoms with E-state index in [1.807, 2.05) is 0 Å². The van der Waals surface area contributed by atoms with Crippen LogP contribution in [0.4, 0.5) is 0 Å². The van der Waals surface area contributed by atoms with Crippen LogP contribution in [0.1, 0.15) is 66.2 Å². The Balaban J connectivity index is 2.16. The molecule has 0 N–H and O–H groups in total. The van der Waals surface area contributed by atoms with Crippen LogP contribution in [0.3, 0.4) is 0 Å². The number of hydrogen-bond acceptors (Lipinski definition) is 1. The SMILES string of the molecule is CC1=C(/C=C/C(C)=C/C2=CC(=C\C=O)/CCC2)C(C)(C)CCC1. The molecule has 0 unspecified atom stereocenters. The number of carbonyl (C=O) groups excluding carboxylic acids is 1. The van der Waals surface area contributed by atoms with E-state index in [1.165, 1.54) is 36.0 Å². The zero-order chi connectivity index (χ0) is 16.9. The van der Waals surface area contributed by atoms with Crippen LogP contribution in [0.5, 0.6) is 0 Å². The van der Waals surface area contributed by atoms with E-state index in [4.69, 9.17) is 0 Å². The second-order valence-corrected chi connectivity index (χ2v) is 7.60. The van der Waals surface area contributed by atoms with Crippen molar-refractivity contribution >= 4 is 6.29 Å². The highest BCUT2D eigenvalue weighted by atomic mass is 16.1. The second-order valence-electron chi connectivity index (χ2n) is 7.60. The lowest BCUT2D eigenvalue weighted by Gasteiger charge is -2.33. The number of aldehydes is 1. The molecule has 0 atom stereocenters. The normalized spacial score (nSPS) is 24.3.